The van der Waals surface area contributed by atoms with Gasteiger partial charge in [0.25, 0.3) is 0 Å². The Morgan fingerprint density at radius 3 is 2.10 bits per heavy atom. The molecule has 0 spiro atoms. The molecule has 0 N–H and O–H groups in total. The molecular formula is C7H16NOSn+. The van der Waals surface area contributed by atoms with E-state index in [9.17, 15) is 0 Å². The first-order valence-electron chi connectivity index (χ1n) is 3.53. The number of rotatable bonds is 4. The molecule has 0 heterocycles. The number of nitrogens with zero attached hydrogens (tertiary/aromatic N) is 1. The summed E-state index contributed by atoms with van der Waals surface area (Å²) in [6.45, 7) is 5.32. The van der Waals surface area contributed by atoms with Crippen LogP contribution in [0.3, 0.4) is 0 Å². The van der Waals surface area contributed by atoms with Crippen molar-refractivity contribution in [1.82, 2.24) is 4.90 Å². The first-order valence-corrected chi connectivity index (χ1v) is 4.70. The molecule has 0 aliphatic heterocycles. The molecule has 0 aromatic rings. The fourth-order valence-electron chi connectivity index (χ4n) is 0.885. The van der Waals surface area contributed by atoms with Gasteiger partial charge in [0, 0.05) is 0 Å². The number of hydrogen-bond acceptors (Lipinski definition) is 2. The zero-order valence-corrected chi connectivity index (χ0v) is 10.1. The standard InChI is InChI=1S/C7H16NO.Sn/c1-5-7(2,9)6-8(3)4;/h5-6H2,1-4H3;/q-1;+2. The van der Waals surface area contributed by atoms with Gasteiger partial charge in [-0.25, -0.2) is 0 Å². The van der Waals surface area contributed by atoms with Crippen molar-refractivity contribution in [3.8, 4) is 0 Å². The molecule has 0 aliphatic carbocycles. The Kier molecular flexibility index (Phi) is 4.90. The number of likely N-dealkylation sites (N-methyl/N-ethyl adjacent to an activating group) is 1. The minimum atomic E-state index is 0.0713. The van der Waals surface area contributed by atoms with Crippen molar-refractivity contribution in [2.24, 2.45) is 0 Å². The Morgan fingerprint density at radius 2 is 2.00 bits per heavy atom. The Labute approximate surface area is 77.6 Å². The average molecular weight is 249 g/mol. The van der Waals surface area contributed by atoms with Crippen LogP contribution >= 0.6 is 0 Å². The Bertz CT molecular complexity index is 91.6. The van der Waals surface area contributed by atoms with Crippen LogP contribution in [0.25, 0.3) is 0 Å². The molecule has 0 fully saturated rings. The first kappa shape index (κ1) is 10.7. The summed E-state index contributed by atoms with van der Waals surface area (Å²) in [6.07, 6.45) is 1.08. The van der Waals surface area contributed by atoms with Crippen LogP contribution in [-0.2, 0) is 3.07 Å². The fourth-order valence-corrected chi connectivity index (χ4v) is 1.48. The molecule has 0 bridgehead atoms. The molecule has 3 heteroatoms. The normalized spacial score (nSPS) is 17.3. The predicted molar refractivity (Wildman–Crippen MR) is 44.1 cm³/mol. The second kappa shape index (κ2) is 4.57. The van der Waals surface area contributed by atoms with Gasteiger partial charge in [-0.05, 0) is 0 Å². The molecule has 0 rings (SSSR count). The summed E-state index contributed by atoms with van der Waals surface area (Å²) in [5.41, 5.74) is 0.0713. The van der Waals surface area contributed by atoms with E-state index in [-0.39, 0.29) is 5.60 Å². The second-order valence-electron chi connectivity index (χ2n) is 3.14. The third-order valence-electron chi connectivity index (χ3n) is 1.64. The van der Waals surface area contributed by atoms with E-state index in [0.29, 0.717) is 0 Å². The molecule has 0 amide bonds. The monoisotopic (exact) mass is 250 g/mol. The van der Waals surface area contributed by atoms with Gasteiger partial charge in [0.05, 0.1) is 0 Å². The van der Waals surface area contributed by atoms with Gasteiger partial charge < -0.3 is 0 Å². The van der Waals surface area contributed by atoms with Crippen LogP contribution in [0.4, 0.5) is 0 Å². The van der Waals surface area contributed by atoms with E-state index in [1.165, 1.54) is 0 Å². The van der Waals surface area contributed by atoms with Crippen molar-refractivity contribution in [1.29, 1.82) is 0 Å². The van der Waals surface area contributed by atoms with Crippen molar-refractivity contribution < 1.29 is 3.07 Å². The van der Waals surface area contributed by atoms with Crippen LogP contribution in [0.2, 0.25) is 0 Å². The zero-order valence-electron chi connectivity index (χ0n) is 7.27. The summed E-state index contributed by atoms with van der Waals surface area (Å²) in [4.78, 5) is 2.16. The SMILES string of the molecule is CCC(C)(CN(C)C)[O][Sn+]. The maximum absolute atomic E-state index is 5.45. The topological polar surface area (TPSA) is 12.5 Å². The van der Waals surface area contributed by atoms with Gasteiger partial charge in [0.1, 0.15) is 0 Å². The van der Waals surface area contributed by atoms with Gasteiger partial charge >= 0.3 is 77.4 Å². The molecule has 2 radical (unpaired) electrons. The molecule has 0 aromatic carbocycles. The number of hydrogen-bond donors (Lipinski definition) is 0. The van der Waals surface area contributed by atoms with E-state index in [0.717, 1.165) is 35.9 Å². The van der Waals surface area contributed by atoms with Crippen molar-refractivity contribution in [3.05, 3.63) is 0 Å². The molecule has 0 saturated carbocycles. The van der Waals surface area contributed by atoms with Gasteiger partial charge in [-0.15, -0.1) is 0 Å². The molecule has 0 saturated heterocycles. The van der Waals surface area contributed by atoms with Gasteiger partial charge in [-0.2, -0.15) is 0 Å². The van der Waals surface area contributed by atoms with Crippen LogP contribution in [-0.4, -0.2) is 54.1 Å². The first-order chi connectivity index (χ1) is 4.54. The van der Waals surface area contributed by atoms with Crippen molar-refractivity contribution in [2.45, 2.75) is 25.9 Å². The zero-order chi connectivity index (χ0) is 8.20. The van der Waals surface area contributed by atoms with E-state index >= 15 is 0 Å². The van der Waals surface area contributed by atoms with Gasteiger partial charge in [0.2, 0.25) is 0 Å². The molecule has 58 valence electrons. The fraction of sp³-hybridized carbons (Fsp3) is 1.00. The molecule has 0 aromatic heterocycles. The molecular weight excluding hydrogens is 233 g/mol. The van der Waals surface area contributed by atoms with Crippen LogP contribution in [0, 0.1) is 0 Å². The summed E-state index contributed by atoms with van der Waals surface area (Å²) in [5, 5.41) is 0. The summed E-state index contributed by atoms with van der Waals surface area (Å²) in [5.74, 6) is 0. The van der Waals surface area contributed by atoms with Gasteiger partial charge in [-0.1, -0.05) is 0 Å². The quantitative estimate of drug-likeness (QED) is 0.684. The van der Waals surface area contributed by atoms with Crippen LogP contribution in [0.15, 0.2) is 0 Å². The second-order valence-corrected chi connectivity index (χ2v) is 3.73. The van der Waals surface area contributed by atoms with Crippen molar-refractivity contribution >= 4 is 22.9 Å². The Morgan fingerprint density at radius 1 is 1.50 bits per heavy atom. The van der Waals surface area contributed by atoms with E-state index < -0.39 is 0 Å². The maximum atomic E-state index is 5.45. The van der Waals surface area contributed by atoms with E-state index in [1.54, 1.807) is 0 Å². The molecule has 2 nitrogen and oxygen atoms in total. The predicted octanol–water partition coefficient (Wildman–Crippen LogP) is 0.817. The minimum absolute atomic E-state index is 0.0713. The third-order valence-corrected chi connectivity index (χ3v) is 3.05. The molecule has 0 aliphatic rings. The van der Waals surface area contributed by atoms with E-state index in [2.05, 4.69) is 32.8 Å². The molecule has 1 unspecified atom stereocenters. The van der Waals surface area contributed by atoms with Crippen LogP contribution < -0.4 is 0 Å². The van der Waals surface area contributed by atoms with E-state index in [1.807, 2.05) is 0 Å². The van der Waals surface area contributed by atoms with Crippen LogP contribution in [0.5, 0.6) is 0 Å². The summed E-state index contributed by atoms with van der Waals surface area (Å²) in [7, 11) is 4.14. The van der Waals surface area contributed by atoms with Crippen LogP contribution in [0.1, 0.15) is 20.3 Å². The Balaban J connectivity index is 3.80. The van der Waals surface area contributed by atoms with E-state index in [4.69, 9.17) is 3.07 Å². The molecule has 10 heavy (non-hydrogen) atoms. The average Bonchev–Trinajstić information content (AvgIpc) is 1.87. The molecule has 1 atom stereocenters. The summed E-state index contributed by atoms with van der Waals surface area (Å²) >= 11 is 1.16. The van der Waals surface area contributed by atoms with Gasteiger partial charge in [0.15, 0.2) is 0 Å². The van der Waals surface area contributed by atoms with Crippen molar-refractivity contribution in [2.75, 3.05) is 20.6 Å². The third kappa shape index (κ3) is 3.78. The summed E-state index contributed by atoms with van der Waals surface area (Å²) in [6, 6.07) is 0. The van der Waals surface area contributed by atoms with Gasteiger partial charge in [-0.3, -0.25) is 0 Å². The summed E-state index contributed by atoms with van der Waals surface area (Å²) < 4.78 is 5.45. The Hall–Kier alpha value is 0.719. The van der Waals surface area contributed by atoms with Crippen molar-refractivity contribution in [3.63, 3.8) is 0 Å².